The second-order valence-electron chi connectivity index (χ2n) is 1.62. The number of aryl methyl sites for hydroxylation is 1. The van der Waals surface area contributed by atoms with Crippen molar-refractivity contribution in [3.05, 3.63) is 29.0 Å². The Morgan fingerprint density at radius 2 is 2.11 bits per heavy atom. The molecule has 0 aliphatic heterocycles. The molecule has 0 amide bonds. The molecule has 1 aromatic rings. The fourth-order valence-electron chi connectivity index (χ4n) is 0.450. The lowest BCUT2D eigenvalue weighted by Crippen LogP contribution is -1.75. The van der Waals surface area contributed by atoms with E-state index < -0.39 is 0 Å². The lowest BCUT2D eigenvalue weighted by Gasteiger charge is -1.87. The molecule has 0 atom stereocenters. The average molecular weight is 146 g/mol. The van der Waals surface area contributed by atoms with Crippen molar-refractivity contribution in [1.29, 1.82) is 0 Å². The number of aromatic nitrogens is 1. The Morgan fingerprint density at radius 3 is 2.44 bits per heavy atom. The molecule has 0 aliphatic carbocycles. The topological polar surface area (TPSA) is 44.4 Å². The summed E-state index contributed by atoms with van der Waals surface area (Å²) < 4.78 is 0. The average Bonchev–Trinajstić information content (AvgIpc) is 1.77. The second-order valence-corrected chi connectivity index (χ2v) is 2.05. The first-order chi connectivity index (χ1) is 3.79. The third-order valence-corrected chi connectivity index (χ3v) is 1.10. The van der Waals surface area contributed by atoms with E-state index in [1.165, 1.54) is 0 Å². The maximum atomic E-state index is 5.55. The van der Waals surface area contributed by atoms with Gasteiger partial charge < -0.3 is 5.48 Å². The SMILES string of the molecule is Cc1ccc(Cl)cn1.O. The van der Waals surface area contributed by atoms with Crippen molar-refractivity contribution in [3.8, 4) is 0 Å². The van der Waals surface area contributed by atoms with Gasteiger partial charge in [0.25, 0.3) is 0 Å². The van der Waals surface area contributed by atoms with Gasteiger partial charge in [0.15, 0.2) is 0 Å². The molecule has 0 aliphatic rings. The van der Waals surface area contributed by atoms with Crippen LogP contribution in [0, 0.1) is 6.92 Å². The second kappa shape index (κ2) is 3.43. The molecule has 2 nitrogen and oxygen atoms in total. The van der Waals surface area contributed by atoms with Crippen LogP contribution in [-0.2, 0) is 0 Å². The molecule has 0 aromatic carbocycles. The van der Waals surface area contributed by atoms with Crippen molar-refractivity contribution >= 4 is 11.6 Å². The predicted molar refractivity (Wildman–Crippen MR) is 37.6 cm³/mol. The lowest BCUT2D eigenvalue weighted by atomic mass is 10.4. The summed E-state index contributed by atoms with van der Waals surface area (Å²) in [6.45, 7) is 1.93. The molecule has 3 heteroatoms. The summed E-state index contributed by atoms with van der Waals surface area (Å²) in [4.78, 5) is 3.95. The molecule has 0 bridgehead atoms. The summed E-state index contributed by atoms with van der Waals surface area (Å²) in [6.07, 6.45) is 1.64. The largest absolute Gasteiger partial charge is 0.412 e. The van der Waals surface area contributed by atoms with E-state index in [1.807, 2.05) is 19.1 Å². The summed E-state index contributed by atoms with van der Waals surface area (Å²) in [6, 6.07) is 3.70. The van der Waals surface area contributed by atoms with Gasteiger partial charge in [-0.1, -0.05) is 11.6 Å². The van der Waals surface area contributed by atoms with Gasteiger partial charge >= 0.3 is 0 Å². The third-order valence-electron chi connectivity index (χ3n) is 0.875. The summed E-state index contributed by atoms with van der Waals surface area (Å²) in [5, 5.41) is 0.690. The van der Waals surface area contributed by atoms with Gasteiger partial charge in [0.1, 0.15) is 0 Å². The van der Waals surface area contributed by atoms with E-state index in [9.17, 15) is 0 Å². The predicted octanol–water partition coefficient (Wildman–Crippen LogP) is 1.22. The van der Waals surface area contributed by atoms with Gasteiger partial charge in [-0.25, -0.2) is 0 Å². The summed E-state index contributed by atoms with van der Waals surface area (Å²) in [7, 11) is 0. The monoisotopic (exact) mass is 145 g/mol. The minimum atomic E-state index is 0. The number of halogens is 1. The van der Waals surface area contributed by atoms with E-state index in [0.717, 1.165) is 5.69 Å². The van der Waals surface area contributed by atoms with Crippen LogP contribution in [0.2, 0.25) is 5.02 Å². The molecular formula is C6H8ClNO. The first kappa shape index (κ1) is 8.40. The third kappa shape index (κ3) is 2.44. The zero-order valence-electron chi connectivity index (χ0n) is 5.06. The lowest BCUT2D eigenvalue weighted by molar-refractivity contribution is 0.824. The Morgan fingerprint density at radius 1 is 1.44 bits per heavy atom. The van der Waals surface area contributed by atoms with Crippen molar-refractivity contribution in [2.75, 3.05) is 0 Å². The van der Waals surface area contributed by atoms with E-state index in [4.69, 9.17) is 11.6 Å². The van der Waals surface area contributed by atoms with Crippen LogP contribution >= 0.6 is 11.6 Å². The zero-order valence-corrected chi connectivity index (χ0v) is 5.81. The maximum absolute atomic E-state index is 5.55. The Labute approximate surface area is 58.8 Å². The highest BCUT2D eigenvalue weighted by molar-refractivity contribution is 6.30. The number of hydrogen-bond donors (Lipinski definition) is 0. The van der Waals surface area contributed by atoms with Crippen molar-refractivity contribution in [2.45, 2.75) is 6.92 Å². The summed E-state index contributed by atoms with van der Waals surface area (Å²) >= 11 is 5.55. The summed E-state index contributed by atoms with van der Waals surface area (Å²) in [5.41, 5.74) is 0.995. The molecule has 1 heterocycles. The van der Waals surface area contributed by atoms with Gasteiger partial charge in [0, 0.05) is 11.9 Å². The van der Waals surface area contributed by atoms with Gasteiger partial charge in [-0.15, -0.1) is 0 Å². The fourth-order valence-corrected chi connectivity index (χ4v) is 0.562. The molecule has 0 saturated carbocycles. The molecule has 50 valence electrons. The Kier molecular flexibility index (Phi) is 3.20. The van der Waals surface area contributed by atoms with Gasteiger partial charge in [-0.2, -0.15) is 0 Å². The van der Waals surface area contributed by atoms with E-state index in [1.54, 1.807) is 6.20 Å². The van der Waals surface area contributed by atoms with Crippen molar-refractivity contribution < 1.29 is 5.48 Å². The highest BCUT2D eigenvalue weighted by Gasteiger charge is 1.83. The first-order valence-corrected chi connectivity index (χ1v) is 2.75. The van der Waals surface area contributed by atoms with E-state index in [2.05, 4.69) is 4.98 Å². The number of hydrogen-bond acceptors (Lipinski definition) is 1. The van der Waals surface area contributed by atoms with Gasteiger partial charge in [-0.05, 0) is 19.1 Å². The minimum absolute atomic E-state index is 0. The highest BCUT2D eigenvalue weighted by atomic mass is 35.5. The molecule has 0 radical (unpaired) electrons. The number of nitrogens with zero attached hydrogens (tertiary/aromatic N) is 1. The van der Waals surface area contributed by atoms with E-state index in [-0.39, 0.29) is 5.48 Å². The first-order valence-electron chi connectivity index (χ1n) is 2.37. The molecule has 1 rings (SSSR count). The maximum Gasteiger partial charge on any atom is 0.0589 e. The van der Waals surface area contributed by atoms with Crippen LogP contribution in [0.5, 0.6) is 0 Å². The molecule has 0 saturated heterocycles. The number of rotatable bonds is 0. The molecule has 0 fully saturated rings. The molecule has 1 aromatic heterocycles. The van der Waals surface area contributed by atoms with Crippen LogP contribution in [0.1, 0.15) is 5.69 Å². The quantitative estimate of drug-likeness (QED) is 0.541. The molecule has 2 N–H and O–H groups in total. The van der Waals surface area contributed by atoms with E-state index >= 15 is 0 Å². The molecular weight excluding hydrogens is 138 g/mol. The minimum Gasteiger partial charge on any atom is -0.412 e. The van der Waals surface area contributed by atoms with Crippen LogP contribution in [0.25, 0.3) is 0 Å². The van der Waals surface area contributed by atoms with Crippen molar-refractivity contribution in [1.82, 2.24) is 4.98 Å². The van der Waals surface area contributed by atoms with Crippen LogP contribution in [0.4, 0.5) is 0 Å². The van der Waals surface area contributed by atoms with Crippen LogP contribution in [0.15, 0.2) is 18.3 Å². The zero-order chi connectivity index (χ0) is 5.98. The number of pyridine rings is 1. The standard InChI is InChI=1S/C6H6ClN.H2O/c1-5-2-3-6(7)4-8-5;/h2-4H,1H3;1H2. The fraction of sp³-hybridized carbons (Fsp3) is 0.167. The van der Waals surface area contributed by atoms with E-state index in [0.29, 0.717) is 5.02 Å². The van der Waals surface area contributed by atoms with Gasteiger partial charge in [-0.3, -0.25) is 4.98 Å². The highest BCUT2D eigenvalue weighted by Crippen LogP contribution is 2.04. The van der Waals surface area contributed by atoms with Gasteiger partial charge in [0.2, 0.25) is 0 Å². The van der Waals surface area contributed by atoms with Crippen LogP contribution in [-0.4, -0.2) is 10.5 Å². The Balaban J connectivity index is 0.000000640. The Hall–Kier alpha value is -0.600. The van der Waals surface area contributed by atoms with Gasteiger partial charge in [0.05, 0.1) is 5.02 Å². The van der Waals surface area contributed by atoms with Crippen molar-refractivity contribution in [3.63, 3.8) is 0 Å². The molecule has 0 unspecified atom stereocenters. The Bertz CT molecular complexity index is 152. The van der Waals surface area contributed by atoms with Crippen LogP contribution in [0.3, 0.4) is 0 Å². The molecule has 0 spiro atoms. The molecule has 9 heavy (non-hydrogen) atoms. The smallest absolute Gasteiger partial charge is 0.0589 e. The summed E-state index contributed by atoms with van der Waals surface area (Å²) in [5.74, 6) is 0. The normalized spacial score (nSPS) is 8.22. The van der Waals surface area contributed by atoms with Crippen LogP contribution < -0.4 is 0 Å². The van der Waals surface area contributed by atoms with Crippen molar-refractivity contribution in [2.24, 2.45) is 0 Å².